The van der Waals surface area contributed by atoms with Crippen LogP contribution in [0.2, 0.25) is 0 Å². The fraction of sp³-hybridized carbons (Fsp3) is 0.471. The number of rotatable bonds is 7. The summed E-state index contributed by atoms with van der Waals surface area (Å²) in [5, 5.41) is 6.80. The minimum absolute atomic E-state index is 0.103. The lowest BCUT2D eigenvalue weighted by Crippen LogP contribution is -2.31. The van der Waals surface area contributed by atoms with Gasteiger partial charge in [-0.25, -0.2) is 9.48 Å². The molecule has 0 radical (unpaired) electrons. The van der Waals surface area contributed by atoms with Gasteiger partial charge in [0.15, 0.2) is 5.82 Å². The van der Waals surface area contributed by atoms with Gasteiger partial charge in [-0.1, -0.05) is 25.5 Å². The average molecular weight is 370 g/mol. The number of unbranched alkanes of at least 4 members (excludes halogenated alkanes) is 1. The van der Waals surface area contributed by atoms with Gasteiger partial charge < -0.3 is 5.32 Å². The molecule has 0 aliphatic rings. The number of carbonyl (C=O) groups excluding carboxylic acids is 1. The van der Waals surface area contributed by atoms with Crippen molar-refractivity contribution in [3.05, 3.63) is 40.3 Å². The van der Waals surface area contributed by atoms with Crippen LogP contribution in [0.1, 0.15) is 31.7 Å². The summed E-state index contributed by atoms with van der Waals surface area (Å²) in [6, 6.07) is 4.66. The van der Waals surface area contributed by atoms with Crippen molar-refractivity contribution in [2.45, 2.75) is 38.9 Å². The van der Waals surface area contributed by atoms with E-state index in [4.69, 9.17) is 0 Å². The molecule has 0 bridgehead atoms. The number of halogens is 3. The van der Waals surface area contributed by atoms with Gasteiger partial charge >= 0.3 is 11.9 Å². The van der Waals surface area contributed by atoms with Crippen molar-refractivity contribution in [1.29, 1.82) is 0 Å². The van der Waals surface area contributed by atoms with E-state index in [2.05, 4.69) is 10.4 Å². The van der Waals surface area contributed by atoms with Crippen molar-refractivity contribution in [2.75, 3.05) is 6.54 Å². The highest BCUT2D eigenvalue weighted by Gasteiger charge is 2.30. The van der Waals surface area contributed by atoms with Crippen LogP contribution in [0.15, 0.2) is 29.1 Å². The first-order chi connectivity index (χ1) is 12.2. The first-order valence-corrected chi connectivity index (χ1v) is 8.32. The summed E-state index contributed by atoms with van der Waals surface area (Å²) in [7, 11) is 1.45. The summed E-state index contributed by atoms with van der Waals surface area (Å²) in [5.74, 6) is 0.0346. The number of aromatic nitrogens is 3. The second-order valence-corrected chi connectivity index (χ2v) is 5.92. The lowest BCUT2D eigenvalue weighted by Gasteiger charge is -2.08. The summed E-state index contributed by atoms with van der Waals surface area (Å²) in [6.45, 7) is 2.35. The highest BCUT2D eigenvalue weighted by Crippen LogP contribution is 2.31. The molecule has 1 amide bonds. The molecule has 26 heavy (non-hydrogen) atoms. The van der Waals surface area contributed by atoms with Crippen LogP contribution in [0.5, 0.6) is 0 Å². The standard InChI is InChI=1S/C17H21F3N4O2/c1-3-4-8-14(25)21-9-10-24-16(26)23(2)15(22-24)12-6-5-7-13(11-12)17(18,19)20/h5-7,11H,3-4,8-10H2,1-2H3,(H,21,25). The molecule has 0 aliphatic carbocycles. The second kappa shape index (κ2) is 8.20. The van der Waals surface area contributed by atoms with Gasteiger partial charge in [0.1, 0.15) is 0 Å². The molecule has 142 valence electrons. The Balaban J connectivity index is 2.15. The minimum Gasteiger partial charge on any atom is -0.354 e. The molecule has 1 N–H and O–H groups in total. The molecule has 2 aromatic rings. The van der Waals surface area contributed by atoms with Crippen molar-refractivity contribution < 1.29 is 18.0 Å². The van der Waals surface area contributed by atoms with E-state index in [1.54, 1.807) is 0 Å². The number of hydrogen-bond acceptors (Lipinski definition) is 3. The third kappa shape index (κ3) is 4.74. The molecule has 0 saturated heterocycles. The molecule has 1 heterocycles. The number of nitrogens with one attached hydrogen (secondary N) is 1. The van der Waals surface area contributed by atoms with Crippen LogP contribution in [0.4, 0.5) is 13.2 Å². The quantitative estimate of drug-likeness (QED) is 0.815. The summed E-state index contributed by atoms with van der Waals surface area (Å²) in [5.41, 5.74) is -1.06. The van der Waals surface area contributed by atoms with Crippen molar-refractivity contribution >= 4 is 5.91 Å². The van der Waals surface area contributed by atoms with Gasteiger partial charge in [0.25, 0.3) is 0 Å². The molecule has 1 aromatic heterocycles. The first-order valence-electron chi connectivity index (χ1n) is 8.32. The molecule has 0 spiro atoms. The lowest BCUT2D eigenvalue weighted by molar-refractivity contribution is -0.137. The number of alkyl halides is 3. The Morgan fingerprint density at radius 1 is 1.31 bits per heavy atom. The molecule has 6 nitrogen and oxygen atoms in total. The number of benzene rings is 1. The molecule has 0 saturated carbocycles. The molecule has 0 atom stereocenters. The average Bonchev–Trinajstić information content (AvgIpc) is 2.88. The summed E-state index contributed by atoms with van der Waals surface area (Å²) in [4.78, 5) is 23.8. The van der Waals surface area contributed by atoms with Crippen molar-refractivity contribution in [3.63, 3.8) is 0 Å². The fourth-order valence-electron chi connectivity index (χ4n) is 2.45. The third-order valence-electron chi connectivity index (χ3n) is 3.89. The van der Waals surface area contributed by atoms with Crippen LogP contribution in [0, 0.1) is 0 Å². The minimum atomic E-state index is -4.47. The predicted molar refractivity (Wildman–Crippen MR) is 90.4 cm³/mol. The summed E-state index contributed by atoms with van der Waals surface area (Å²) < 4.78 is 40.9. The van der Waals surface area contributed by atoms with Gasteiger partial charge in [0.2, 0.25) is 5.91 Å². The Kier molecular flexibility index (Phi) is 6.23. The molecular formula is C17H21F3N4O2. The first kappa shape index (κ1) is 19.7. The van der Waals surface area contributed by atoms with Gasteiger partial charge in [-0.3, -0.25) is 9.36 Å². The molecule has 0 unspecified atom stereocenters. The van der Waals surface area contributed by atoms with Gasteiger partial charge in [-0.2, -0.15) is 13.2 Å². The van der Waals surface area contributed by atoms with E-state index in [-0.39, 0.29) is 30.4 Å². The zero-order chi connectivity index (χ0) is 19.3. The lowest BCUT2D eigenvalue weighted by atomic mass is 10.1. The van der Waals surface area contributed by atoms with E-state index in [0.29, 0.717) is 6.42 Å². The van der Waals surface area contributed by atoms with Crippen molar-refractivity contribution in [1.82, 2.24) is 19.7 Å². The maximum atomic E-state index is 12.9. The predicted octanol–water partition coefficient (Wildman–Crippen LogP) is 2.57. The smallest absolute Gasteiger partial charge is 0.354 e. The Labute approximate surface area is 148 Å². The van der Waals surface area contributed by atoms with Crippen LogP contribution in [0.25, 0.3) is 11.4 Å². The Morgan fingerprint density at radius 2 is 2.04 bits per heavy atom. The molecule has 2 rings (SSSR count). The van der Waals surface area contributed by atoms with Crippen molar-refractivity contribution in [2.24, 2.45) is 7.05 Å². The van der Waals surface area contributed by atoms with Gasteiger partial charge in [0, 0.05) is 25.6 Å². The second-order valence-electron chi connectivity index (χ2n) is 5.92. The van der Waals surface area contributed by atoms with E-state index >= 15 is 0 Å². The number of amides is 1. The van der Waals surface area contributed by atoms with E-state index in [1.807, 2.05) is 6.92 Å². The normalized spacial score (nSPS) is 11.6. The van der Waals surface area contributed by atoms with Crippen LogP contribution in [-0.4, -0.2) is 26.8 Å². The zero-order valence-electron chi connectivity index (χ0n) is 14.6. The van der Waals surface area contributed by atoms with Gasteiger partial charge in [0.05, 0.1) is 12.1 Å². The van der Waals surface area contributed by atoms with Crippen LogP contribution >= 0.6 is 0 Å². The van der Waals surface area contributed by atoms with E-state index in [1.165, 1.54) is 23.7 Å². The third-order valence-corrected chi connectivity index (χ3v) is 3.89. The molecule has 0 fully saturated rings. The maximum Gasteiger partial charge on any atom is 0.416 e. The number of hydrogen-bond donors (Lipinski definition) is 1. The fourth-order valence-corrected chi connectivity index (χ4v) is 2.45. The van der Waals surface area contributed by atoms with Gasteiger partial charge in [-0.15, -0.1) is 5.10 Å². The van der Waals surface area contributed by atoms with Crippen LogP contribution in [-0.2, 0) is 24.6 Å². The largest absolute Gasteiger partial charge is 0.416 e. The Hall–Kier alpha value is -2.58. The molecule has 1 aromatic carbocycles. The summed E-state index contributed by atoms with van der Waals surface area (Å²) in [6.07, 6.45) is -2.36. The number of carbonyl (C=O) groups is 1. The highest BCUT2D eigenvalue weighted by atomic mass is 19.4. The number of nitrogens with zero attached hydrogens (tertiary/aromatic N) is 3. The Bertz CT molecular complexity index is 824. The van der Waals surface area contributed by atoms with E-state index in [0.717, 1.165) is 29.7 Å². The van der Waals surface area contributed by atoms with E-state index < -0.39 is 17.4 Å². The molecule has 0 aliphatic heterocycles. The van der Waals surface area contributed by atoms with Crippen LogP contribution < -0.4 is 11.0 Å². The summed E-state index contributed by atoms with van der Waals surface area (Å²) >= 11 is 0. The van der Waals surface area contributed by atoms with E-state index in [9.17, 15) is 22.8 Å². The van der Waals surface area contributed by atoms with Gasteiger partial charge in [-0.05, 0) is 18.6 Å². The highest BCUT2D eigenvalue weighted by molar-refractivity contribution is 5.75. The maximum absolute atomic E-state index is 12.9. The monoisotopic (exact) mass is 370 g/mol. The topological polar surface area (TPSA) is 68.9 Å². The van der Waals surface area contributed by atoms with Crippen LogP contribution in [0.3, 0.4) is 0 Å². The zero-order valence-corrected chi connectivity index (χ0v) is 14.6. The van der Waals surface area contributed by atoms with Crippen molar-refractivity contribution in [3.8, 4) is 11.4 Å². The Morgan fingerprint density at radius 3 is 2.69 bits per heavy atom. The SMILES string of the molecule is CCCCC(=O)NCCn1nc(-c2cccc(C(F)(F)F)c2)n(C)c1=O. The molecule has 9 heteroatoms. The molecular weight excluding hydrogens is 349 g/mol.